The van der Waals surface area contributed by atoms with Crippen molar-refractivity contribution in [2.24, 2.45) is 0 Å². The average molecular weight is 255 g/mol. The van der Waals surface area contributed by atoms with E-state index in [1.165, 1.54) is 12.1 Å². The largest absolute Gasteiger partial charge is 0.301 e. The average Bonchev–Trinajstić information content (AvgIpc) is 2.29. The molecule has 0 saturated carbocycles. The van der Waals surface area contributed by atoms with Gasteiger partial charge >= 0.3 is 0 Å². The van der Waals surface area contributed by atoms with Crippen LogP contribution in [0, 0.1) is 6.92 Å². The van der Waals surface area contributed by atoms with Gasteiger partial charge < -0.3 is 4.79 Å². The van der Waals surface area contributed by atoms with Crippen LogP contribution in [0.3, 0.4) is 0 Å². The number of sulfonamides is 1. The van der Waals surface area contributed by atoms with Crippen LogP contribution in [0.2, 0.25) is 0 Å². The molecular weight excluding hydrogens is 238 g/mol. The van der Waals surface area contributed by atoms with E-state index < -0.39 is 15.6 Å². The molecule has 1 rings (SSSR count). The molecule has 0 saturated heterocycles. The first-order chi connectivity index (χ1) is 7.83. The van der Waals surface area contributed by atoms with Crippen molar-refractivity contribution >= 4 is 16.3 Å². The number of hydrogen-bond acceptors (Lipinski definition) is 3. The molecule has 17 heavy (non-hydrogen) atoms. The van der Waals surface area contributed by atoms with E-state index in [9.17, 15) is 13.2 Å². The smallest absolute Gasteiger partial charge is 0.241 e. The lowest BCUT2D eigenvalue weighted by Gasteiger charge is -2.22. The van der Waals surface area contributed by atoms with Gasteiger partial charge in [0.15, 0.2) is 0 Å². The van der Waals surface area contributed by atoms with E-state index in [2.05, 4.69) is 4.72 Å². The molecule has 1 N–H and O–H groups in total. The van der Waals surface area contributed by atoms with Gasteiger partial charge in [-0.05, 0) is 32.4 Å². The van der Waals surface area contributed by atoms with E-state index in [0.29, 0.717) is 12.7 Å². The number of hydrogen-bond donors (Lipinski definition) is 1. The van der Waals surface area contributed by atoms with Crippen LogP contribution in [0.25, 0.3) is 0 Å². The molecule has 0 aliphatic carbocycles. The standard InChI is InChI=1S/C12H17NO3S/c1-4-12(3,9-14)13-17(15,16)11-7-5-10(2)6-8-11/h5-9,13H,4H2,1-3H3. The summed E-state index contributed by atoms with van der Waals surface area (Å²) < 4.78 is 26.4. The Morgan fingerprint density at radius 1 is 1.29 bits per heavy atom. The van der Waals surface area contributed by atoms with Crippen molar-refractivity contribution in [2.45, 2.75) is 37.6 Å². The summed E-state index contributed by atoms with van der Waals surface area (Å²) >= 11 is 0. The van der Waals surface area contributed by atoms with Crippen LogP contribution < -0.4 is 4.72 Å². The Morgan fingerprint density at radius 2 is 1.82 bits per heavy atom. The van der Waals surface area contributed by atoms with Gasteiger partial charge in [0.25, 0.3) is 0 Å². The summed E-state index contributed by atoms with van der Waals surface area (Å²) in [6.07, 6.45) is 1.03. The zero-order valence-electron chi connectivity index (χ0n) is 10.2. The third-order valence-corrected chi connectivity index (χ3v) is 4.32. The molecule has 1 aromatic rings. The molecule has 0 aromatic heterocycles. The maximum Gasteiger partial charge on any atom is 0.241 e. The van der Waals surface area contributed by atoms with Crippen LogP contribution in [0.4, 0.5) is 0 Å². The number of nitrogens with one attached hydrogen (secondary N) is 1. The molecule has 0 aliphatic rings. The molecule has 1 unspecified atom stereocenters. The maximum atomic E-state index is 12.0. The minimum absolute atomic E-state index is 0.171. The summed E-state index contributed by atoms with van der Waals surface area (Å²) in [6, 6.07) is 6.49. The molecule has 0 heterocycles. The summed E-state index contributed by atoms with van der Waals surface area (Å²) in [5.74, 6) is 0. The fourth-order valence-electron chi connectivity index (χ4n) is 1.26. The van der Waals surface area contributed by atoms with Gasteiger partial charge in [0.05, 0.1) is 10.4 Å². The van der Waals surface area contributed by atoms with Crippen molar-refractivity contribution in [3.05, 3.63) is 29.8 Å². The lowest BCUT2D eigenvalue weighted by Crippen LogP contribution is -2.46. The highest BCUT2D eigenvalue weighted by atomic mass is 32.2. The maximum absolute atomic E-state index is 12.0. The molecular formula is C12H17NO3S. The third kappa shape index (κ3) is 3.38. The van der Waals surface area contributed by atoms with Crippen LogP contribution in [0.1, 0.15) is 25.8 Å². The van der Waals surface area contributed by atoms with E-state index >= 15 is 0 Å². The first-order valence-electron chi connectivity index (χ1n) is 5.40. The van der Waals surface area contributed by atoms with Gasteiger partial charge in [-0.15, -0.1) is 0 Å². The first-order valence-corrected chi connectivity index (χ1v) is 6.88. The highest BCUT2D eigenvalue weighted by Crippen LogP contribution is 2.14. The van der Waals surface area contributed by atoms with Gasteiger partial charge in [0.1, 0.15) is 6.29 Å². The van der Waals surface area contributed by atoms with Crippen LogP contribution in [-0.2, 0) is 14.8 Å². The second-order valence-corrected chi connectivity index (χ2v) is 5.99. The SMILES string of the molecule is CCC(C)(C=O)NS(=O)(=O)c1ccc(C)cc1. The van der Waals surface area contributed by atoms with Crippen LogP contribution in [0.5, 0.6) is 0 Å². The van der Waals surface area contributed by atoms with Crippen LogP contribution in [0.15, 0.2) is 29.2 Å². The number of aldehydes is 1. The van der Waals surface area contributed by atoms with Crippen molar-refractivity contribution in [1.82, 2.24) is 4.72 Å². The van der Waals surface area contributed by atoms with E-state index in [4.69, 9.17) is 0 Å². The number of aryl methyl sites for hydroxylation is 1. The Kier molecular flexibility index (Phi) is 4.06. The minimum atomic E-state index is -3.64. The normalized spacial score (nSPS) is 15.2. The highest BCUT2D eigenvalue weighted by Gasteiger charge is 2.28. The Hall–Kier alpha value is -1.20. The quantitative estimate of drug-likeness (QED) is 0.814. The minimum Gasteiger partial charge on any atom is -0.301 e. The third-order valence-electron chi connectivity index (χ3n) is 2.69. The van der Waals surface area contributed by atoms with Gasteiger partial charge in [-0.2, -0.15) is 4.72 Å². The second-order valence-electron chi connectivity index (χ2n) is 4.31. The zero-order chi connectivity index (χ0) is 13.1. The van der Waals surface area contributed by atoms with Crippen molar-refractivity contribution < 1.29 is 13.2 Å². The van der Waals surface area contributed by atoms with Crippen molar-refractivity contribution in [3.8, 4) is 0 Å². The van der Waals surface area contributed by atoms with E-state index in [-0.39, 0.29) is 4.90 Å². The lowest BCUT2D eigenvalue weighted by atomic mass is 10.0. The second kappa shape index (κ2) is 4.98. The first kappa shape index (κ1) is 13.9. The van der Waals surface area contributed by atoms with Crippen LogP contribution in [-0.4, -0.2) is 20.2 Å². The number of benzene rings is 1. The van der Waals surface area contributed by atoms with E-state index in [1.807, 2.05) is 6.92 Å². The number of carbonyl (C=O) groups is 1. The predicted molar refractivity (Wildman–Crippen MR) is 66.3 cm³/mol. The Balaban J connectivity index is 3.04. The van der Waals surface area contributed by atoms with Gasteiger partial charge in [0, 0.05) is 0 Å². The number of carbonyl (C=O) groups excluding carboxylic acids is 1. The summed E-state index contributed by atoms with van der Waals surface area (Å²) in [5, 5.41) is 0. The van der Waals surface area contributed by atoms with Gasteiger partial charge in [-0.3, -0.25) is 0 Å². The topological polar surface area (TPSA) is 63.2 Å². The Morgan fingerprint density at radius 3 is 2.24 bits per heavy atom. The summed E-state index contributed by atoms with van der Waals surface area (Å²) in [7, 11) is -3.64. The molecule has 0 radical (unpaired) electrons. The molecule has 0 aliphatic heterocycles. The molecule has 0 bridgehead atoms. The van der Waals surface area contributed by atoms with Gasteiger partial charge in [-0.25, -0.2) is 8.42 Å². The molecule has 0 amide bonds. The van der Waals surface area contributed by atoms with Crippen molar-refractivity contribution in [2.75, 3.05) is 0 Å². The molecule has 1 aromatic carbocycles. The number of rotatable bonds is 5. The van der Waals surface area contributed by atoms with E-state index in [1.54, 1.807) is 26.0 Å². The molecule has 94 valence electrons. The van der Waals surface area contributed by atoms with Crippen molar-refractivity contribution in [1.29, 1.82) is 0 Å². The van der Waals surface area contributed by atoms with Crippen LogP contribution >= 0.6 is 0 Å². The monoisotopic (exact) mass is 255 g/mol. The van der Waals surface area contributed by atoms with E-state index in [0.717, 1.165) is 5.56 Å². The summed E-state index contributed by atoms with van der Waals surface area (Å²) in [5.41, 5.74) is -0.0680. The lowest BCUT2D eigenvalue weighted by molar-refractivity contribution is -0.112. The Bertz CT molecular complexity index is 493. The summed E-state index contributed by atoms with van der Waals surface area (Å²) in [4.78, 5) is 11.1. The van der Waals surface area contributed by atoms with Crippen molar-refractivity contribution in [3.63, 3.8) is 0 Å². The Labute approximate surface area is 102 Å². The molecule has 1 atom stereocenters. The molecule has 0 fully saturated rings. The molecule has 5 heteroatoms. The fourth-order valence-corrected chi connectivity index (χ4v) is 2.68. The van der Waals surface area contributed by atoms with Gasteiger partial charge in [-0.1, -0.05) is 24.6 Å². The van der Waals surface area contributed by atoms with Gasteiger partial charge in [0.2, 0.25) is 10.0 Å². The zero-order valence-corrected chi connectivity index (χ0v) is 11.0. The molecule has 0 spiro atoms. The summed E-state index contributed by atoms with van der Waals surface area (Å²) in [6.45, 7) is 5.20. The predicted octanol–water partition coefficient (Wildman–Crippen LogP) is 1.64. The highest BCUT2D eigenvalue weighted by molar-refractivity contribution is 7.89. The fraction of sp³-hybridized carbons (Fsp3) is 0.417. The molecule has 4 nitrogen and oxygen atoms in total.